The number of benzene rings is 2. The third-order valence-corrected chi connectivity index (χ3v) is 3.56. The van der Waals surface area contributed by atoms with Gasteiger partial charge in [0.25, 0.3) is 0 Å². The third kappa shape index (κ3) is 4.34. The van der Waals surface area contributed by atoms with Gasteiger partial charge in [0.1, 0.15) is 5.75 Å². The highest BCUT2D eigenvalue weighted by Gasteiger charge is 2.07. The van der Waals surface area contributed by atoms with Crippen LogP contribution in [0.15, 0.2) is 47.4 Å². The lowest BCUT2D eigenvalue weighted by atomic mass is 10.3. The SMILES string of the molecule is CSc1ccc(NC(=O)Oc2cc(Cl)cc(Cl)c2)cc1. The molecule has 0 aliphatic heterocycles. The van der Waals surface area contributed by atoms with Crippen LogP contribution in [0.2, 0.25) is 10.0 Å². The van der Waals surface area contributed by atoms with Gasteiger partial charge in [-0.2, -0.15) is 0 Å². The largest absolute Gasteiger partial charge is 0.417 e. The molecule has 0 unspecified atom stereocenters. The van der Waals surface area contributed by atoms with Crippen molar-refractivity contribution in [3.63, 3.8) is 0 Å². The molecule has 1 amide bonds. The maximum absolute atomic E-state index is 11.7. The van der Waals surface area contributed by atoms with Crippen molar-refractivity contribution in [3.05, 3.63) is 52.5 Å². The second-order valence-corrected chi connectivity index (χ2v) is 5.60. The molecule has 0 heterocycles. The molecule has 0 atom stereocenters. The Morgan fingerprint density at radius 2 is 1.70 bits per heavy atom. The van der Waals surface area contributed by atoms with Crippen LogP contribution in [0.3, 0.4) is 0 Å². The molecule has 0 radical (unpaired) electrons. The summed E-state index contributed by atoms with van der Waals surface area (Å²) in [5.74, 6) is 0.292. The topological polar surface area (TPSA) is 38.3 Å². The van der Waals surface area contributed by atoms with Gasteiger partial charge in [-0.1, -0.05) is 23.2 Å². The highest BCUT2D eigenvalue weighted by atomic mass is 35.5. The quantitative estimate of drug-likeness (QED) is 0.774. The van der Waals surface area contributed by atoms with E-state index in [4.69, 9.17) is 27.9 Å². The second-order valence-electron chi connectivity index (χ2n) is 3.85. The molecule has 0 spiro atoms. The van der Waals surface area contributed by atoms with E-state index in [0.29, 0.717) is 21.5 Å². The van der Waals surface area contributed by atoms with Crippen LogP contribution in [0, 0.1) is 0 Å². The molecule has 6 heteroatoms. The first-order chi connectivity index (χ1) is 9.56. The Morgan fingerprint density at radius 3 is 2.25 bits per heavy atom. The van der Waals surface area contributed by atoms with Crippen molar-refractivity contribution in [2.75, 3.05) is 11.6 Å². The summed E-state index contributed by atoms with van der Waals surface area (Å²) in [4.78, 5) is 12.9. The summed E-state index contributed by atoms with van der Waals surface area (Å²) in [5, 5.41) is 3.44. The lowest BCUT2D eigenvalue weighted by Crippen LogP contribution is -2.16. The van der Waals surface area contributed by atoms with Gasteiger partial charge in [0.2, 0.25) is 0 Å². The summed E-state index contributed by atoms with van der Waals surface area (Å²) in [6.07, 6.45) is 1.39. The molecule has 0 saturated carbocycles. The van der Waals surface area contributed by atoms with Gasteiger partial charge in [-0.15, -0.1) is 11.8 Å². The van der Waals surface area contributed by atoms with Gasteiger partial charge in [0.05, 0.1) is 0 Å². The van der Waals surface area contributed by atoms with Crippen molar-refractivity contribution in [2.24, 2.45) is 0 Å². The molecule has 0 aliphatic rings. The van der Waals surface area contributed by atoms with Crippen LogP contribution in [0.4, 0.5) is 10.5 Å². The van der Waals surface area contributed by atoms with Crippen LogP contribution in [-0.2, 0) is 0 Å². The fraction of sp³-hybridized carbons (Fsp3) is 0.0714. The van der Waals surface area contributed by atoms with Crippen molar-refractivity contribution >= 4 is 46.7 Å². The molecular formula is C14H11Cl2NO2S. The molecule has 20 heavy (non-hydrogen) atoms. The van der Waals surface area contributed by atoms with E-state index in [0.717, 1.165) is 4.90 Å². The van der Waals surface area contributed by atoms with E-state index in [1.807, 2.05) is 18.4 Å². The maximum atomic E-state index is 11.7. The van der Waals surface area contributed by atoms with Crippen molar-refractivity contribution in [3.8, 4) is 5.75 Å². The minimum Gasteiger partial charge on any atom is -0.410 e. The van der Waals surface area contributed by atoms with Gasteiger partial charge in [0, 0.05) is 20.6 Å². The van der Waals surface area contributed by atoms with Crippen molar-refractivity contribution < 1.29 is 9.53 Å². The first-order valence-corrected chi connectivity index (χ1v) is 7.64. The lowest BCUT2D eigenvalue weighted by Gasteiger charge is -2.07. The molecule has 0 bridgehead atoms. The minimum atomic E-state index is -0.597. The van der Waals surface area contributed by atoms with E-state index in [1.165, 1.54) is 12.1 Å². The molecule has 2 rings (SSSR count). The number of rotatable bonds is 3. The lowest BCUT2D eigenvalue weighted by molar-refractivity contribution is 0.215. The Labute approximate surface area is 131 Å². The number of amides is 1. The number of carbonyl (C=O) groups is 1. The Kier molecular flexibility index (Phi) is 5.17. The maximum Gasteiger partial charge on any atom is 0.417 e. The van der Waals surface area contributed by atoms with E-state index in [1.54, 1.807) is 30.0 Å². The van der Waals surface area contributed by atoms with E-state index in [2.05, 4.69) is 5.32 Å². The van der Waals surface area contributed by atoms with Gasteiger partial charge >= 0.3 is 6.09 Å². The third-order valence-electron chi connectivity index (χ3n) is 2.38. The number of thioether (sulfide) groups is 1. The Hall–Kier alpha value is -1.36. The molecular weight excluding hydrogens is 317 g/mol. The van der Waals surface area contributed by atoms with Crippen LogP contribution in [0.25, 0.3) is 0 Å². The average molecular weight is 328 g/mol. The predicted octanol–water partition coefficient (Wildman–Crippen LogP) is 5.33. The zero-order chi connectivity index (χ0) is 14.5. The standard InChI is InChI=1S/C14H11Cl2NO2S/c1-20-13-4-2-11(3-5-13)17-14(18)19-12-7-9(15)6-10(16)8-12/h2-8H,1H3,(H,17,18). The second kappa shape index (κ2) is 6.88. The molecule has 104 valence electrons. The van der Waals surface area contributed by atoms with Crippen LogP contribution < -0.4 is 10.1 Å². The van der Waals surface area contributed by atoms with Crippen molar-refractivity contribution in [1.29, 1.82) is 0 Å². The summed E-state index contributed by atoms with van der Waals surface area (Å²) in [6, 6.07) is 12.0. The number of hydrogen-bond acceptors (Lipinski definition) is 3. The predicted molar refractivity (Wildman–Crippen MR) is 84.3 cm³/mol. The van der Waals surface area contributed by atoms with E-state index in [9.17, 15) is 4.79 Å². The molecule has 0 aromatic heterocycles. The van der Waals surface area contributed by atoms with Crippen LogP contribution >= 0.6 is 35.0 Å². The smallest absolute Gasteiger partial charge is 0.410 e. The summed E-state index contributed by atoms with van der Waals surface area (Å²) in [7, 11) is 0. The zero-order valence-electron chi connectivity index (χ0n) is 10.5. The van der Waals surface area contributed by atoms with E-state index < -0.39 is 6.09 Å². The van der Waals surface area contributed by atoms with Gasteiger partial charge in [-0.25, -0.2) is 4.79 Å². The first kappa shape index (κ1) is 15.0. The normalized spacial score (nSPS) is 10.2. The molecule has 0 aliphatic carbocycles. The number of hydrogen-bond donors (Lipinski definition) is 1. The Balaban J connectivity index is 2.01. The van der Waals surface area contributed by atoms with Crippen molar-refractivity contribution in [2.45, 2.75) is 4.90 Å². The molecule has 1 N–H and O–H groups in total. The van der Waals surface area contributed by atoms with Gasteiger partial charge in [-0.05, 0) is 48.7 Å². The fourth-order valence-corrected chi connectivity index (χ4v) is 2.43. The monoisotopic (exact) mass is 327 g/mol. The van der Waals surface area contributed by atoms with E-state index >= 15 is 0 Å². The number of ether oxygens (including phenoxy) is 1. The number of anilines is 1. The zero-order valence-corrected chi connectivity index (χ0v) is 12.9. The highest BCUT2D eigenvalue weighted by molar-refractivity contribution is 7.98. The number of halogens is 2. The van der Waals surface area contributed by atoms with Crippen LogP contribution in [0.1, 0.15) is 0 Å². The van der Waals surface area contributed by atoms with Crippen LogP contribution in [0.5, 0.6) is 5.75 Å². The molecule has 2 aromatic rings. The summed E-state index contributed by atoms with van der Waals surface area (Å²) >= 11 is 13.3. The molecule has 3 nitrogen and oxygen atoms in total. The number of carbonyl (C=O) groups excluding carboxylic acids is 1. The minimum absolute atomic E-state index is 0.292. The summed E-state index contributed by atoms with van der Waals surface area (Å²) < 4.78 is 5.11. The first-order valence-electron chi connectivity index (χ1n) is 5.66. The molecule has 0 fully saturated rings. The Morgan fingerprint density at radius 1 is 1.10 bits per heavy atom. The highest BCUT2D eigenvalue weighted by Crippen LogP contribution is 2.24. The van der Waals surface area contributed by atoms with Crippen LogP contribution in [-0.4, -0.2) is 12.3 Å². The van der Waals surface area contributed by atoms with E-state index in [-0.39, 0.29) is 0 Å². The average Bonchev–Trinajstić information content (AvgIpc) is 2.38. The summed E-state index contributed by atoms with van der Waals surface area (Å²) in [5.41, 5.74) is 0.654. The number of nitrogens with one attached hydrogen (secondary N) is 1. The van der Waals surface area contributed by atoms with Crippen molar-refractivity contribution in [1.82, 2.24) is 0 Å². The van der Waals surface area contributed by atoms with Gasteiger partial charge in [0.15, 0.2) is 0 Å². The van der Waals surface area contributed by atoms with Gasteiger partial charge in [-0.3, -0.25) is 5.32 Å². The van der Waals surface area contributed by atoms with Gasteiger partial charge < -0.3 is 4.74 Å². The summed E-state index contributed by atoms with van der Waals surface area (Å²) in [6.45, 7) is 0. The molecule has 0 saturated heterocycles. The molecule has 2 aromatic carbocycles. The Bertz CT molecular complexity index is 597. The fourth-order valence-electron chi connectivity index (χ4n) is 1.51.